The van der Waals surface area contributed by atoms with Crippen LogP contribution in [0.3, 0.4) is 0 Å². The van der Waals surface area contributed by atoms with Gasteiger partial charge in [-0.3, -0.25) is 0 Å². The summed E-state index contributed by atoms with van der Waals surface area (Å²) in [5.74, 6) is 0. The van der Waals surface area contributed by atoms with Gasteiger partial charge in [0.1, 0.15) is 0 Å². The third kappa shape index (κ3) is 20.2. The molecular formula is C20H45NSi. The van der Waals surface area contributed by atoms with Crippen LogP contribution in [0.4, 0.5) is 0 Å². The quantitative estimate of drug-likeness (QED) is 0.210. The first-order valence-electron chi connectivity index (χ1n) is 10.4. The maximum absolute atomic E-state index is 2.44. The fourth-order valence-corrected chi connectivity index (χ4v) is 4.36. The van der Waals surface area contributed by atoms with Crippen molar-refractivity contribution < 1.29 is 0 Å². The van der Waals surface area contributed by atoms with Crippen LogP contribution in [-0.4, -0.2) is 28.3 Å². The van der Waals surface area contributed by atoms with Crippen molar-refractivity contribution in [1.29, 1.82) is 0 Å². The molecular weight excluding hydrogens is 282 g/mol. The predicted molar refractivity (Wildman–Crippen MR) is 107 cm³/mol. The number of unbranched alkanes of at least 4 members (excludes halogenated alkanes) is 15. The van der Waals surface area contributed by atoms with E-state index in [0.29, 0.717) is 0 Å². The Morgan fingerprint density at radius 3 is 1.14 bits per heavy atom. The van der Waals surface area contributed by atoms with Gasteiger partial charge in [0.2, 0.25) is 0 Å². The third-order valence-electron chi connectivity index (χ3n) is 4.71. The number of hydrogen-bond acceptors (Lipinski definition) is 1. The molecule has 0 radical (unpaired) electrons. The zero-order chi connectivity index (χ0) is 16.3. The zero-order valence-electron chi connectivity index (χ0n) is 16.2. The van der Waals surface area contributed by atoms with Crippen molar-refractivity contribution in [1.82, 2.24) is 4.57 Å². The van der Waals surface area contributed by atoms with E-state index in [-0.39, 0.29) is 9.68 Å². The van der Waals surface area contributed by atoms with Gasteiger partial charge in [0.25, 0.3) is 0 Å². The molecule has 0 aliphatic heterocycles. The first-order chi connectivity index (χ1) is 10.8. The van der Waals surface area contributed by atoms with Crippen molar-refractivity contribution in [2.45, 2.75) is 116 Å². The Labute approximate surface area is 144 Å². The molecule has 0 heterocycles. The van der Waals surface area contributed by atoms with Crippen molar-refractivity contribution >= 4 is 9.68 Å². The largest absolute Gasteiger partial charge is 0.334 e. The Kier molecular flexibility index (Phi) is 19.4. The summed E-state index contributed by atoms with van der Waals surface area (Å²) in [6.07, 6.45) is 23.6. The van der Waals surface area contributed by atoms with Crippen LogP contribution in [0.1, 0.15) is 110 Å². The van der Waals surface area contributed by atoms with Crippen LogP contribution < -0.4 is 0 Å². The summed E-state index contributed by atoms with van der Waals surface area (Å²) in [6.45, 7) is 2.30. The van der Waals surface area contributed by atoms with Crippen molar-refractivity contribution in [3.63, 3.8) is 0 Å². The molecule has 0 saturated carbocycles. The third-order valence-corrected chi connectivity index (χ3v) is 6.42. The average molecular weight is 328 g/mol. The van der Waals surface area contributed by atoms with Gasteiger partial charge in [0.05, 0.1) is 9.68 Å². The maximum Gasteiger partial charge on any atom is 0.0943 e. The lowest BCUT2D eigenvalue weighted by Crippen LogP contribution is -2.16. The second-order valence-corrected chi connectivity index (χ2v) is 9.88. The summed E-state index contributed by atoms with van der Waals surface area (Å²) in [6, 6.07) is 1.52. The number of nitrogens with zero attached hydrogens (tertiary/aromatic N) is 1. The lowest BCUT2D eigenvalue weighted by Gasteiger charge is -2.07. The Bertz CT molecular complexity index is 194. The molecule has 0 aliphatic rings. The van der Waals surface area contributed by atoms with Gasteiger partial charge in [-0.05, 0) is 20.1 Å². The van der Waals surface area contributed by atoms with Crippen molar-refractivity contribution in [2.24, 2.45) is 0 Å². The minimum Gasteiger partial charge on any atom is -0.334 e. The van der Waals surface area contributed by atoms with Crippen molar-refractivity contribution in [2.75, 3.05) is 14.1 Å². The Balaban J connectivity index is 2.94. The molecule has 0 rings (SSSR count). The minimum atomic E-state index is 0.115. The van der Waals surface area contributed by atoms with E-state index in [0.717, 1.165) is 0 Å². The van der Waals surface area contributed by atoms with E-state index >= 15 is 0 Å². The highest BCUT2D eigenvalue weighted by Gasteiger charge is 1.95. The van der Waals surface area contributed by atoms with Crippen LogP contribution in [0.15, 0.2) is 0 Å². The molecule has 134 valence electrons. The average Bonchev–Trinajstić information content (AvgIpc) is 2.50. The number of rotatable bonds is 18. The van der Waals surface area contributed by atoms with Crippen molar-refractivity contribution in [3.05, 3.63) is 0 Å². The van der Waals surface area contributed by atoms with Crippen LogP contribution >= 0.6 is 0 Å². The fraction of sp³-hybridized carbons (Fsp3) is 1.00. The van der Waals surface area contributed by atoms with E-state index in [1.54, 1.807) is 0 Å². The van der Waals surface area contributed by atoms with Crippen molar-refractivity contribution in [3.8, 4) is 0 Å². The standard InChI is InChI=1S/C20H45NSi/c1-4-5-6-7-8-9-10-11-12-13-14-15-16-17-18-19-20-22-21(2)3/h4-20,22H2,1-3H3. The van der Waals surface area contributed by atoms with Crippen LogP contribution in [0.2, 0.25) is 6.04 Å². The SMILES string of the molecule is CCCCCCCCCCCCCCCCCC[SiH2]N(C)C. The molecule has 2 heteroatoms. The zero-order valence-corrected chi connectivity index (χ0v) is 17.6. The van der Waals surface area contributed by atoms with E-state index in [2.05, 4.69) is 25.6 Å². The van der Waals surface area contributed by atoms with E-state index < -0.39 is 0 Å². The molecule has 0 bridgehead atoms. The molecule has 0 amide bonds. The van der Waals surface area contributed by atoms with E-state index in [1.165, 1.54) is 109 Å². The fourth-order valence-electron chi connectivity index (χ4n) is 3.15. The molecule has 0 fully saturated rings. The topological polar surface area (TPSA) is 3.24 Å². The highest BCUT2D eigenvalue weighted by Crippen LogP contribution is 2.13. The van der Waals surface area contributed by atoms with E-state index in [4.69, 9.17) is 0 Å². The first kappa shape index (κ1) is 22.2. The van der Waals surface area contributed by atoms with Crippen LogP contribution in [0.25, 0.3) is 0 Å². The summed E-state index contributed by atoms with van der Waals surface area (Å²) >= 11 is 0. The molecule has 22 heavy (non-hydrogen) atoms. The van der Waals surface area contributed by atoms with Crippen LogP contribution in [-0.2, 0) is 0 Å². The highest BCUT2D eigenvalue weighted by molar-refractivity contribution is 6.31. The lowest BCUT2D eigenvalue weighted by atomic mass is 10.0. The van der Waals surface area contributed by atoms with Gasteiger partial charge in [0.15, 0.2) is 0 Å². The maximum atomic E-state index is 2.44. The Hall–Kier alpha value is 0.177. The van der Waals surface area contributed by atoms with Gasteiger partial charge >= 0.3 is 0 Å². The molecule has 0 aromatic heterocycles. The molecule has 1 nitrogen and oxygen atoms in total. The lowest BCUT2D eigenvalue weighted by molar-refractivity contribution is 0.531. The van der Waals surface area contributed by atoms with Gasteiger partial charge in [-0.2, -0.15) is 0 Å². The monoisotopic (exact) mass is 327 g/mol. The molecule has 0 saturated heterocycles. The molecule has 0 aromatic rings. The van der Waals surface area contributed by atoms with Gasteiger partial charge in [-0.25, -0.2) is 0 Å². The minimum absolute atomic E-state index is 0.115. The predicted octanol–water partition coefficient (Wildman–Crippen LogP) is 6.31. The normalized spacial score (nSPS) is 12.0. The first-order valence-corrected chi connectivity index (χ1v) is 12.1. The molecule has 0 aromatic carbocycles. The summed E-state index contributed by atoms with van der Waals surface area (Å²) in [7, 11) is 4.58. The summed E-state index contributed by atoms with van der Waals surface area (Å²) < 4.78 is 2.44. The molecule has 0 spiro atoms. The number of hydrogen-bond donors (Lipinski definition) is 0. The molecule has 0 aliphatic carbocycles. The Morgan fingerprint density at radius 2 is 0.818 bits per heavy atom. The van der Waals surface area contributed by atoms with E-state index in [9.17, 15) is 0 Å². The second kappa shape index (κ2) is 19.2. The van der Waals surface area contributed by atoms with Crippen LogP contribution in [0, 0.1) is 0 Å². The second-order valence-electron chi connectivity index (χ2n) is 7.46. The van der Waals surface area contributed by atoms with Gasteiger partial charge < -0.3 is 4.57 Å². The van der Waals surface area contributed by atoms with E-state index in [1.807, 2.05) is 0 Å². The Morgan fingerprint density at radius 1 is 0.500 bits per heavy atom. The van der Waals surface area contributed by atoms with Crippen LogP contribution in [0.5, 0.6) is 0 Å². The molecule has 0 atom stereocenters. The van der Waals surface area contributed by atoms with Gasteiger partial charge in [0, 0.05) is 0 Å². The molecule has 0 unspecified atom stereocenters. The molecule has 0 N–H and O–H groups in total. The van der Waals surface area contributed by atoms with Gasteiger partial charge in [-0.15, -0.1) is 0 Å². The van der Waals surface area contributed by atoms with Gasteiger partial charge in [-0.1, -0.05) is 110 Å². The smallest absolute Gasteiger partial charge is 0.0943 e. The summed E-state index contributed by atoms with van der Waals surface area (Å²) in [5, 5.41) is 0. The highest BCUT2D eigenvalue weighted by atomic mass is 28.2. The summed E-state index contributed by atoms with van der Waals surface area (Å²) in [5.41, 5.74) is 0. The summed E-state index contributed by atoms with van der Waals surface area (Å²) in [4.78, 5) is 0.